The third-order valence-electron chi connectivity index (χ3n) is 2.10. The summed E-state index contributed by atoms with van der Waals surface area (Å²) in [6, 6.07) is 3.19. The van der Waals surface area contributed by atoms with E-state index in [0.29, 0.717) is 0 Å². The molecule has 0 saturated heterocycles. The van der Waals surface area contributed by atoms with Crippen LogP contribution < -0.4 is 5.73 Å². The molecule has 0 aliphatic heterocycles. The van der Waals surface area contributed by atoms with Gasteiger partial charge in [-0.3, -0.25) is 0 Å². The number of rotatable bonds is 3. The Morgan fingerprint density at radius 1 is 1.12 bits per heavy atom. The van der Waals surface area contributed by atoms with Gasteiger partial charge in [0.1, 0.15) is 0 Å². The number of hydrogen-bond donors (Lipinski definition) is 1. The van der Waals surface area contributed by atoms with Crippen LogP contribution in [0, 0.1) is 0 Å². The molecule has 1 rings (SSSR count). The van der Waals surface area contributed by atoms with Crippen LogP contribution in [-0.2, 0) is 6.18 Å². The molecule has 0 aliphatic carbocycles. The lowest BCUT2D eigenvalue weighted by molar-refractivity contribution is -0.138. The van der Waals surface area contributed by atoms with E-state index in [2.05, 4.69) is 0 Å². The standard InChI is InChI=1S/C10H10F5N.ClH/c11-9(12)5-8(16)6-3-1-2-4-7(6)10(13,14)15;/h1-4,8-9H,5,16H2;1H/t8-;/m0./s1. The second-order valence-electron chi connectivity index (χ2n) is 3.32. The molecule has 0 aromatic heterocycles. The third-order valence-corrected chi connectivity index (χ3v) is 2.10. The fraction of sp³-hybridized carbons (Fsp3) is 0.400. The van der Waals surface area contributed by atoms with Crippen LogP contribution in [0.1, 0.15) is 23.6 Å². The van der Waals surface area contributed by atoms with Crippen molar-refractivity contribution in [3.63, 3.8) is 0 Å². The van der Waals surface area contributed by atoms with Crippen LogP contribution in [0.15, 0.2) is 24.3 Å². The van der Waals surface area contributed by atoms with Gasteiger partial charge in [-0.05, 0) is 11.6 Å². The smallest absolute Gasteiger partial charge is 0.324 e. The van der Waals surface area contributed by atoms with Gasteiger partial charge in [-0.25, -0.2) is 8.78 Å². The molecule has 2 N–H and O–H groups in total. The first kappa shape index (κ1) is 16.1. The lowest BCUT2D eigenvalue weighted by Gasteiger charge is -2.17. The zero-order valence-corrected chi connectivity index (χ0v) is 9.36. The maximum absolute atomic E-state index is 12.5. The first-order chi connectivity index (χ1) is 7.32. The fourth-order valence-electron chi connectivity index (χ4n) is 1.40. The van der Waals surface area contributed by atoms with Gasteiger partial charge in [-0.2, -0.15) is 13.2 Å². The molecule has 0 unspecified atom stereocenters. The Bertz CT molecular complexity index is 353. The van der Waals surface area contributed by atoms with Gasteiger partial charge in [0.05, 0.1) is 5.56 Å². The highest BCUT2D eigenvalue weighted by atomic mass is 35.5. The molecule has 1 atom stereocenters. The molecule has 0 amide bonds. The molecule has 7 heteroatoms. The topological polar surface area (TPSA) is 26.0 Å². The van der Waals surface area contributed by atoms with Gasteiger partial charge in [-0.15, -0.1) is 12.4 Å². The predicted octanol–water partition coefficient (Wildman–Crippen LogP) is 3.78. The zero-order valence-electron chi connectivity index (χ0n) is 8.55. The van der Waals surface area contributed by atoms with Crippen LogP contribution >= 0.6 is 12.4 Å². The summed E-state index contributed by atoms with van der Waals surface area (Å²) in [4.78, 5) is 0. The summed E-state index contributed by atoms with van der Waals surface area (Å²) in [6.07, 6.45) is -8.08. The van der Waals surface area contributed by atoms with Gasteiger partial charge in [0.2, 0.25) is 6.43 Å². The molecule has 0 saturated carbocycles. The molecule has 0 fully saturated rings. The second kappa shape index (κ2) is 6.16. The Balaban J connectivity index is 0.00000256. The van der Waals surface area contributed by atoms with Crippen molar-refractivity contribution in [3.8, 4) is 0 Å². The Hall–Kier alpha value is -0.880. The monoisotopic (exact) mass is 275 g/mol. The molecule has 0 radical (unpaired) electrons. The van der Waals surface area contributed by atoms with Crippen molar-refractivity contribution in [2.75, 3.05) is 0 Å². The molecule has 1 nitrogen and oxygen atoms in total. The van der Waals surface area contributed by atoms with E-state index in [1.807, 2.05) is 0 Å². The average Bonchev–Trinajstić information content (AvgIpc) is 2.15. The Kier molecular flexibility index (Phi) is 5.84. The largest absolute Gasteiger partial charge is 0.416 e. The molecule has 98 valence electrons. The Morgan fingerprint density at radius 2 is 1.65 bits per heavy atom. The van der Waals surface area contributed by atoms with E-state index < -0.39 is 30.6 Å². The molecule has 1 aromatic carbocycles. The van der Waals surface area contributed by atoms with Crippen molar-refractivity contribution in [3.05, 3.63) is 35.4 Å². The molecule has 0 heterocycles. The summed E-state index contributed by atoms with van der Waals surface area (Å²) >= 11 is 0. The highest BCUT2D eigenvalue weighted by molar-refractivity contribution is 5.85. The molecule has 1 aromatic rings. The van der Waals surface area contributed by atoms with E-state index >= 15 is 0 Å². The number of alkyl halides is 5. The van der Waals surface area contributed by atoms with Crippen LogP contribution in [-0.4, -0.2) is 6.43 Å². The summed E-state index contributed by atoms with van der Waals surface area (Å²) in [6.45, 7) is 0. The zero-order chi connectivity index (χ0) is 12.3. The minimum atomic E-state index is -4.57. The van der Waals surface area contributed by atoms with Crippen LogP contribution in [0.5, 0.6) is 0 Å². The van der Waals surface area contributed by atoms with E-state index in [-0.39, 0.29) is 18.0 Å². The van der Waals surface area contributed by atoms with Crippen LogP contribution in [0.25, 0.3) is 0 Å². The van der Waals surface area contributed by atoms with Gasteiger partial charge in [0, 0.05) is 12.5 Å². The summed E-state index contributed by atoms with van der Waals surface area (Å²) in [5.74, 6) is 0. The van der Waals surface area contributed by atoms with Gasteiger partial charge < -0.3 is 5.73 Å². The van der Waals surface area contributed by atoms with Gasteiger partial charge in [0.25, 0.3) is 0 Å². The van der Waals surface area contributed by atoms with Crippen molar-refractivity contribution in [2.24, 2.45) is 5.73 Å². The summed E-state index contributed by atoms with van der Waals surface area (Å²) < 4.78 is 61.6. The molecule has 0 spiro atoms. The Morgan fingerprint density at radius 3 is 2.12 bits per heavy atom. The highest BCUT2D eigenvalue weighted by Crippen LogP contribution is 2.35. The van der Waals surface area contributed by atoms with Crippen LogP contribution in [0.3, 0.4) is 0 Å². The number of halogens is 6. The second-order valence-corrected chi connectivity index (χ2v) is 3.32. The lowest BCUT2D eigenvalue weighted by atomic mass is 9.98. The van der Waals surface area contributed by atoms with E-state index in [4.69, 9.17) is 5.73 Å². The van der Waals surface area contributed by atoms with Crippen molar-refractivity contribution >= 4 is 12.4 Å². The first-order valence-corrected chi connectivity index (χ1v) is 4.52. The fourth-order valence-corrected chi connectivity index (χ4v) is 1.40. The maximum Gasteiger partial charge on any atom is 0.416 e. The number of hydrogen-bond acceptors (Lipinski definition) is 1. The van der Waals surface area contributed by atoms with E-state index in [0.717, 1.165) is 12.1 Å². The summed E-state index contributed by atoms with van der Waals surface area (Å²) in [7, 11) is 0. The van der Waals surface area contributed by atoms with Gasteiger partial charge in [0.15, 0.2) is 0 Å². The van der Waals surface area contributed by atoms with E-state index in [1.165, 1.54) is 12.1 Å². The summed E-state index contributed by atoms with van der Waals surface area (Å²) in [5.41, 5.74) is 4.06. The minimum absolute atomic E-state index is 0. The van der Waals surface area contributed by atoms with Crippen molar-refractivity contribution in [2.45, 2.75) is 25.1 Å². The average molecular weight is 276 g/mol. The molecular weight excluding hydrogens is 265 g/mol. The van der Waals surface area contributed by atoms with E-state index in [1.54, 1.807) is 0 Å². The summed E-state index contributed by atoms with van der Waals surface area (Å²) in [5, 5.41) is 0. The molecular formula is C10H11ClF5N. The third kappa shape index (κ3) is 4.47. The van der Waals surface area contributed by atoms with Crippen LogP contribution in [0.2, 0.25) is 0 Å². The molecule has 0 bridgehead atoms. The first-order valence-electron chi connectivity index (χ1n) is 4.52. The molecule has 17 heavy (non-hydrogen) atoms. The number of nitrogens with two attached hydrogens (primary N) is 1. The maximum atomic E-state index is 12.5. The minimum Gasteiger partial charge on any atom is -0.324 e. The normalized spacial score (nSPS) is 13.4. The Labute approximate surface area is 101 Å². The predicted molar refractivity (Wildman–Crippen MR) is 56.2 cm³/mol. The van der Waals surface area contributed by atoms with E-state index in [9.17, 15) is 22.0 Å². The number of benzene rings is 1. The van der Waals surface area contributed by atoms with Crippen molar-refractivity contribution in [1.29, 1.82) is 0 Å². The SMILES string of the molecule is Cl.N[C@@H](CC(F)F)c1ccccc1C(F)(F)F. The van der Waals surface area contributed by atoms with Gasteiger partial charge >= 0.3 is 6.18 Å². The van der Waals surface area contributed by atoms with Crippen molar-refractivity contribution in [1.82, 2.24) is 0 Å². The lowest BCUT2D eigenvalue weighted by Crippen LogP contribution is -2.19. The quantitative estimate of drug-likeness (QED) is 0.835. The van der Waals surface area contributed by atoms with Crippen molar-refractivity contribution < 1.29 is 22.0 Å². The van der Waals surface area contributed by atoms with Crippen LogP contribution in [0.4, 0.5) is 22.0 Å². The highest BCUT2D eigenvalue weighted by Gasteiger charge is 2.34. The molecule has 0 aliphatic rings. The van der Waals surface area contributed by atoms with Gasteiger partial charge in [-0.1, -0.05) is 18.2 Å².